The van der Waals surface area contributed by atoms with E-state index in [0.29, 0.717) is 14.2 Å². The second-order valence-corrected chi connectivity index (χ2v) is 6.46. The van der Waals surface area contributed by atoms with Crippen LogP contribution in [0.3, 0.4) is 0 Å². The van der Waals surface area contributed by atoms with Crippen LogP contribution in [0.2, 0.25) is 8.67 Å². The van der Waals surface area contributed by atoms with Crippen LogP contribution in [0.15, 0.2) is 30.3 Å². The van der Waals surface area contributed by atoms with E-state index in [1.165, 1.54) is 16.9 Å². The molecule has 4 heteroatoms. The Hall–Kier alpha value is -0.540. The Bertz CT molecular complexity index is 519. The van der Waals surface area contributed by atoms with Crippen molar-refractivity contribution in [3.05, 3.63) is 55.7 Å². The van der Waals surface area contributed by atoms with E-state index in [1.807, 2.05) is 24.3 Å². The summed E-state index contributed by atoms with van der Waals surface area (Å²) in [5.41, 5.74) is 2.80. The van der Waals surface area contributed by atoms with E-state index >= 15 is 0 Å². The van der Waals surface area contributed by atoms with Crippen molar-refractivity contribution in [3.8, 4) is 0 Å². The van der Waals surface area contributed by atoms with Gasteiger partial charge in [-0.05, 0) is 23.6 Å². The van der Waals surface area contributed by atoms with Crippen LogP contribution in [0.4, 0.5) is 0 Å². The van der Waals surface area contributed by atoms with Gasteiger partial charge in [-0.2, -0.15) is 0 Å². The molecule has 0 aliphatic carbocycles. The highest BCUT2D eigenvalue weighted by Gasteiger charge is 2.16. The van der Waals surface area contributed by atoms with Crippen molar-refractivity contribution < 1.29 is 5.11 Å². The van der Waals surface area contributed by atoms with Gasteiger partial charge in [-0.25, -0.2) is 0 Å². The molecular formula is C14H14Cl2OS. The number of benzene rings is 1. The smallest absolute Gasteiger partial charge is 0.106 e. The topological polar surface area (TPSA) is 20.2 Å². The Kier molecular flexibility index (Phi) is 4.68. The summed E-state index contributed by atoms with van der Waals surface area (Å²) in [7, 11) is 0. The maximum Gasteiger partial charge on any atom is 0.106 e. The van der Waals surface area contributed by atoms with Crippen LogP contribution in [-0.4, -0.2) is 5.11 Å². The molecule has 0 aliphatic heterocycles. The van der Waals surface area contributed by atoms with E-state index in [4.69, 9.17) is 23.2 Å². The van der Waals surface area contributed by atoms with Gasteiger partial charge in [0.25, 0.3) is 0 Å². The van der Waals surface area contributed by atoms with Gasteiger partial charge in [0.2, 0.25) is 0 Å². The molecule has 0 spiro atoms. The molecule has 2 rings (SSSR count). The number of halogens is 2. The number of thiophene rings is 1. The standard InChI is InChI=1S/C14H14Cl2OS/c1-2-3-9-4-6-10(7-5-9)13(17)11-8-12(15)18-14(11)16/h4-8,13,17H,2-3H2,1H3. The van der Waals surface area contributed by atoms with Gasteiger partial charge in [-0.15, -0.1) is 11.3 Å². The van der Waals surface area contributed by atoms with Gasteiger partial charge in [-0.1, -0.05) is 60.8 Å². The second kappa shape index (κ2) is 6.07. The van der Waals surface area contributed by atoms with Crippen molar-refractivity contribution in [2.75, 3.05) is 0 Å². The summed E-state index contributed by atoms with van der Waals surface area (Å²) in [6.45, 7) is 2.15. The molecule has 1 aromatic carbocycles. The van der Waals surface area contributed by atoms with Crippen LogP contribution in [0.25, 0.3) is 0 Å². The molecule has 1 nitrogen and oxygen atoms in total. The highest BCUT2D eigenvalue weighted by molar-refractivity contribution is 7.20. The molecule has 1 unspecified atom stereocenters. The van der Waals surface area contributed by atoms with Gasteiger partial charge in [-0.3, -0.25) is 0 Å². The van der Waals surface area contributed by atoms with Gasteiger partial charge in [0.1, 0.15) is 10.4 Å². The predicted octanol–water partition coefficient (Wildman–Crippen LogP) is 5.09. The number of hydrogen-bond acceptors (Lipinski definition) is 2. The summed E-state index contributed by atoms with van der Waals surface area (Å²) >= 11 is 13.2. The highest BCUT2D eigenvalue weighted by Crippen LogP contribution is 2.37. The van der Waals surface area contributed by atoms with Crippen molar-refractivity contribution in [2.45, 2.75) is 25.9 Å². The van der Waals surface area contributed by atoms with Crippen LogP contribution in [0.5, 0.6) is 0 Å². The van der Waals surface area contributed by atoms with Crippen LogP contribution in [0.1, 0.15) is 36.1 Å². The third kappa shape index (κ3) is 3.07. The molecule has 0 radical (unpaired) electrons. The van der Waals surface area contributed by atoms with E-state index in [1.54, 1.807) is 6.07 Å². The zero-order chi connectivity index (χ0) is 13.1. The average Bonchev–Trinajstić information content (AvgIpc) is 2.69. The minimum atomic E-state index is -0.711. The second-order valence-electron chi connectivity index (χ2n) is 4.17. The molecule has 1 atom stereocenters. The molecule has 0 fully saturated rings. The van der Waals surface area contributed by atoms with E-state index in [9.17, 15) is 5.11 Å². The zero-order valence-electron chi connectivity index (χ0n) is 9.99. The van der Waals surface area contributed by atoms with Gasteiger partial charge < -0.3 is 5.11 Å². The number of aliphatic hydroxyl groups excluding tert-OH is 1. The number of aliphatic hydroxyl groups is 1. The lowest BCUT2D eigenvalue weighted by Gasteiger charge is -2.10. The molecule has 2 aromatic rings. The van der Waals surface area contributed by atoms with Crippen molar-refractivity contribution in [1.82, 2.24) is 0 Å². The quantitative estimate of drug-likeness (QED) is 0.834. The molecule has 0 bridgehead atoms. The number of hydrogen-bond donors (Lipinski definition) is 1. The maximum absolute atomic E-state index is 10.3. The minimum Gasteiger partial charge on any atom is -0.384 e. The Morgan fingerprint density at radius 1 is 1.22 bits per heavy atom. The number of aryl methyl sites for hydroxylation is 1. The fourth-order valence-corrected chi connectivity index (χ4v) is 3.39. The third-order valence-corrected chi connectivity index (χ3v) is 4.33. The predicted molar refractivity (Wildman–Crippen MR) is 78.8 cm³/mol. The molecule has 1 aromatic heterocycles. The number of rotatable bonds is 4. The maximum atomic E-state index is 10.3. The first kappa shape index (κ1) is 13.9. The lowest BCUT2D eigenvalue weighted by atomic mass is 10.0. The molecule has 1 heterocycles. The van der Waals surface area contributed by atoms with Crippen LogP contribution in [0, 0.1) is 0 Å². The highest BCUT2D eigenvalue weighted by atomic mass is 35.5. The van der Waals surface area contributed by atoms with Crippen molar-refractivity contribution >= 4 is 34.5 Å². The molecule has 96 valence electrons. The monoisotopic (exact) mass is 300 g/mol. The van der Waals surface area contributed by atoms with Gasteiger partial charge in [0, 0.05) is 5.56 Å². The van der Waals surface area contributed by atoms with Crippen LogP contribution >= 0.6 is 34.5 Å². The summed E-state index contributed by atoms with van der Waals surface area (Å²) in [5, 5.41) is 10.3. The molecule has 18 heavy (non-hydrogen) atoms. The van der Waals surface area contributed by atoms with Crippen molar-refractivity contribution in [1.29, 1.82) is 0 Å². The van der Waals surface area contributed by atoms with Gasteiger partial charge >= 0.3 is 0 Å². The summed E-state index contributed by atoms with van der Waals surface area (Å²) in [6.07, 6.45) is 1.46. The Balaban J connectivity index is 2.23. The van der Waals surface area contributed by atoms with Gasteiger partial charge in [0.15, 0.2) is 0 Å². The molecular weight excluding hydrogens is 287 g/mol. The Labute approximate surface area is 121 Å². The van der Waals surface area contributed by atoms with Gasteiger partial charge in [0.05, 0.1) is 4.34 Å². The average molecular weight is 301 g/mol. The molecule has 1 N–H and O–H groups in total. The molecule has 0 aliphatic rings. The lowest BCUT2D eigenvalue weighted by Crippen LogP contribution is -1.98. The third-order valence-electron chi connectivity index (χ3n) is 2.81. The fourth-order valence-electron chi connectivity index (χ4n) is 1.87. The Morgan fingerprint density at radius 3 is 2.39 bits per heavy atom. The normalized spacial score (nSPS) is 12.7. The first-order valence-corrected chi connectivity index (χ1v) is 7.40. The molecule has 0 saturated carbocycles. The summed E-state index contributed by atoms with van der Waals surface area (Å²) in [5.74, 6) is 0. The first-order valence-electron chi connectivity index (χ1n) is 5.83. The SMILES string of the molecule is CCCc1ccc(C(O)c2cc(Cl)sc2Cl)cc1. The van der Waals surface area contributed by atoms with Crippen molar-refractivity contribution in [3.63, 3.8) is 0 Å². The largest absolute Gasteiger partial charge is 0.384 e. The zero-order valence-corrected chi connectivity index (χ0v) is 12.3. The minimum absolute atomic E-state index is 0.546. The van der Waals surface area contributed by atoms with Crippen LogP contribution < -0.4 is 0 Å². The fraction of sp³-hybridized carbons (Fsp3) is 0.286. The Morgan fingerprint density at radius 2 is 1.89 bits per heavy atom. The summed E-state index contributed by atoms with van der Waals surface area (Å²) < 4.78 is 1.14. The van der Waals surface area contributed by atoms with E-state index < -0.39 is 6.10 Å². The summed E-state index contributed by atoms with van der Waals surface area (Å²) in [4.78, 5) is 0. The van der Waals surface area contributed by atoms with E-state index in [0.717, 1.165) is 18.4 Å². The lowest BCUT2D eigenvalue weighted by molar-refractivity contribution is 0.221. The van der Waals surface area contributed by atoms with Crippen molar-refractivity contribution in [2.24, 2.45) is 0 Å². The first-order chi connectivity index (χ1) is 8.61. The van der Waals surface area contributed by atoms with E-state index in [2.05, 4.69) is 6.92 Å². The molecule has 0 amide bonds. The molecule has 0 saturated heterocycles. The van der Waals surface area contributed by atoms with E-state index in [-0.39, 0.29) is 0 Å². The van der Waals surface area contributed by atoms with Crippen LogP contribution in [-0.2, 0) is 6.42 Å². The summed E-state index contributed by atoms with van der Waals surface area (Å²) in [6, 6.07) is 9.70.